The van der Waals surface area contributed by atoms with E-state index in [4.69, 9.17) is 5.73 Å². The van der Waals surface area contributed by atoms with E-state index in [1.807, 2.05) is 32.7 Å². The molecule has 0 fully saturated rings. The second-order valence-electron chi connectivity index (χ2n) is 5.86. The van der Waals surface area contributed by atoms with Gasteiger partial charge in [-0.2, -0.15) is 5.10 Å². The predicted molar refractivity (Wildman–Crippen MR) is 77.1 cm³/mol. The SMILES string of the molecule is CCN(CC(C)(C)CN)C(=O)c1c(C)nn(C)c1C. The molecular formula is C14H26N4O. The average Bonchev–Trinajstić information content (AvgIpc) is 2.60. The van der Waals surface area contributed by atoms with Gasteiger partial charge in [-0.25, -0.2) is 0 Å². The highest BCUT2D eigenvalue weighted by molar-refractivity contribution is 5.96. The molecule has 0 aromatic carbocycles. The zero-order chi connectivity index (χ0) is 14.8. The normalized spacial score (nSPS) is 11.7. The molecule has 5 heteroatoms. The quantitative estimate of drug-likeness (QED) is 0.878. The van der Waals surface area contributed by atoms with Crippen LogP contribution in [-0.2, 0) is 7.05 Å². The van der Waals surface area contributed by atoms with Crippen LogP contribution in [0.25, 0.3) is 0 Å². The molecule has 0 spiro atoms. The number of aryl methyl sites for hydroxylation is 2. The molecule has 0 bridgehead atoms. The minimum Gasteiger partial charge on any atom is -0.338 e. The first-order valence-electron chi connectivity index (χ1n) is 6.73. The van der Waals surface area contributed by atoms with E-state index in [2.05, 4.69) is 18.9 Å². The summed E-state index contributed by atoms with van der Waals surface area (Å²) >= 11 is 0. The van der Waals surface area contributed by atoms with Crippen molar-refractivity contribution in [1.29, 1.82) is 0 Å². The van der Waals surface area contributed by atoms with Gasteiger partial charge in [0.1, 0.15) is 0 Å². The molecule has 19 heavy (non-hydrogen) atoms. The molecule has 0 unspecified atom stereocenters. The molecule has 0 radical (unpaired) electrons. The highest BCUT2D eigenvalue weighted by Gasteiger charge is 2.26. The maximum absolute atomic E-state index is 12.7. The van der Waals surface area contributed by atoms with Gasteiger partial charge in [-0.3, -0.25) is 9.48 Å². The molecular weight excluding hydrogens is 240 g/mol. The molecule has 1 aromatic heterocycles. The lowest BCUT2D eigenvalue weighted by atomic mass is 9.92. The van der Waals surface area contributed by atoms with E-state index in [-0.39, 0.29) is 11.3 Å². The zero-order valence-electron chi connectivity index (χ0n) is 12.9. The lowest BCUT2D eigenvalue weighted by Gasteiger charge is -2.31. The van der Waals surface area contributed by atoms with Gasteiger partial charge in [0.05, 0.1) is 11.3 Å². The monoisotopic (exact) mass is 266 g/mol. The Balaban J connectivity index is 3.02. The van der Waals surface area contributed by atoms with E-state index in [9.17, 15) is 4.79 Å². The Labute approximate surface area is 115 Å². The Bertz CT molecular complexity index is 462. The second-order valence-corrected chi connectivity index (χ2v) is 5.86. The largest absolute Gasteiger partial charge is 0.338 e. The van der Waals surface area contributed by atoms with Crippen LogP contribution in [0.15, 0.2) is 0 Å². The molecule has 5 nitrogen and oxygen atoms in total. The molecule has 0 aliphatic heterocycles. The van der Waals surface area contributed by atoms with Gasteiger partial charge in [0.15, 0.2) is 0 Å². The Kier molecular flexibility index (Phi) is 4.74. The number of nitrogens with zero attached hydrogens (tertiary/aromatic N) is 3. The lowest BCUT2D eigenvalue weighted by Crippen LogP contribution is -2.42. The summed E-state index contributed by atoms with van der Waals surface area (Å²) in [6.07, 6.45) is 0. The first-order chi connectivity index (χ1) is 8.73. The summed E-state index contributed by atoms with van der Waals surface area (Å²) in [5, 5.41) is 4.31. The summed E-state index contributed by atoms with van der Waals surface area (Å²) < 4.78 is 1.75. The minimum atomic E-state index is -0.0737. The summed E-state index contributed by atoms with van der Waals surface area (Å²) in [5.74, 6) is 0.0483. The first kappa shape index (κ1) is 15.7. The fraction of sp³-hybridized carbons (Fsp3) is 0.714. The Hall–Kier alpha value is -1.36. The zero-order valence-corrected chi connectivity index (χ0v) is 12.9. The number of amides is 1. The summed E-state index contributed by atoms with van der Waals surface area (Å²) in [5.41, 5.74) is 8.10. The van der Waals surface area contributed by atoms with Crippen LogP contribution in [0.1, 0.15) is 42.5 Å². The van der Waals surface area contributed by atoms with E-state index in [1.54, 1.807) is 4.68 Å². The van der Waals surface area contributed by atoms with Gasteiger partial charge >= 0.3 is 0 Å². The highest BCUT2D eigenvalue weighted by atomic mass is 16.2. The van der Waals surface area contributed by atoms with E-state index in [0.717, 1.165) is 17.0 Å². The molecule has 1 aromatic rings. The van der Waals surface area contributed by atoms with Crippen molar-refractivity contribution in [1.82, 2.24) is 14.7 Å². The van der Waals surface area contributed by atoms with Crippen molar-refractivity contribution in [2.24, 2.45) is 18.2 Å². The van der Waals surface area contributed by atoms with Crippen molar-refractivity contribution >= 4 is 5.91 Å². The molecule has 1 heterocycles. The van der Waals surface area contributed by atoms with Crippen molar-refractivity contribution < 1.29 is 4.79 Å². The number of nitrogens with two attached hydrogens (primary N) is 1. The third-order valence-corrected chi connectivity index (χ3v) is 3.56. The van der Waals surface area contributed by atoms with Crippen molar-refractivity contribution in [3.63, 3.8) is 0 Å². The standard InChI is InChI=1S/C14H26N4O/c1-7-18(9-14(4,5)8-15)13(19)12-10(2)16-17(6)11(12)3/h7-9,15H2,1-6H3. The summed E-state index contributed by atoms with van der Waals surface area (Å²) in [4.78, 5) is 14.5. The maximum atomic E-state index is 12.7. The van der Waals surface area contributed by atoms with Gasteiger partial charge in [0.25, 0.3) is 5.91 Å². The Morgan fingerprint density at radius 2 is 2.00 bits per heavy atom. The molecule has 0 aliphatic rings. The van der Waals surface area contributed by atoms with Crippen LogP contribution >= 0.6 is 0 Å². The number of hydrogen-bond acceptors (Lipinski definition) is 3. The summed E-state index contributed by atoms with van der Waals surface area (Å²) in [6.45, 7) is 11.8. The smallest absolute Gasteiger partial charge is 0.257 e. The average molecular weight is 266 g/mol. The maximum Gasteiger partial charge on any atom is 0.257 e. The fourth-order valence-corrected chi connectivity index (χ4v) is 2.15. The van der Waals surface area contributed by atoms with Crippen LogP contribution in [0.2, 0.25) is 0 Å². The number of hydrogen-bond donors (Lipinski definition) is 1. The molecule has 108 valence electrons. The van der Waals surface area contributed by atoms with Crippen molar-refractivity contribution in [3.8, 4) is 0 Å². The summed E-state index contributed by atoms with van der Waals surface area (Å²) in [7, 11) is 1.86. The van der Waals surface area contributed by atoms with Gasteiger partial charge in [0, 0.05) is 25.8 Å². The van der Waals surface area contributed by atoms with Crippen molar-refractivity contribution in [2.75, 3.05) is 19.6 Å². The number of carbonyl (C=O) groups excluding carboxylic acids is 1. The van der Waals surface area contributed by atoms with Crippen molar-refractivity contribution in [2.45, 2.75) is 34.6 Å². The van der Waals surface area contributed by atoms with Gasteiger partial charge in [-0.05, 0) is 32.7 Å². The molecule has 0 atom stereocenters. The van der Waals surface area contributed by atoms with Crippen molar-refractivity contribution in [3.05, 3.63) is 17.0 Å². The Morgan fingerprint density at radius 3 is 2.37 bits per heavy atom. The minimum absolute atomic E-state index is 0.0483. The highest BCUT2D eigenvalue weighted by Crippen LogP contribution is 2.19. The van der Waals surface area contributed by atoms with Crippen LogP contribution < -0.4 is 5.73 Å². The molecule has 0 saturated carbocycles. The van der Waals surface area contributed by atoms with Crippen LogP contribution in [0.3, 0.4) is 0 Å². The second kappa shape index (κ2) is 5.74. The fourth-order valence-electron chi connectivity index (χ4n) is 2.15. The van der Waals surface area contributed by atoms with Crippen LogP contribution in [0.5, 0.6) is 0 Å². The number of carbonyl (C=O) groups is 1. The third kappa shape index (κ3) is 3.35. The van der Waals surface area contributed by atoms with E-state index >= 15 is 0 Å². The molecule has 1 rings (SSSR count). The van der Waals surface area contributed by atoms with E-state index in [1.165, 1.54) is 0 Å². The predicted octanol–water partition coefficient (Wildman–Crippen LogP) is 1.48. The molecule has 0 saturated heterocycles. The Morgan fingerprint density at radius 1 is 1.42 bits per heavy atom. The summed E-state index contributed by atoms with van der Waals surface area (Å²) in [6, 6.07) is 0. The lowest BCUT2D eigenvalue weighted by molar-refractivity contribution is 0.0699. The van der Waals surface area contributed by atoms with Gasteiger partial charge < -0.3 is 10.6 Å². The molecule has 1 amide bonds. The van der Waals surface area contributed by atoms with Gasteiger partial charge in [0.2, 0.25) is 0 Å². The topological polar surface area (TPSA) is 64.2 Å². The van der Waals surface area contributed by atoms with E-state index in [0.29, 0.717) is 19.6 Å². The molecule has 0 aliphatic carbocycles. The van der Waals surface area contributed by atoms with Gasteiger partial charge in [-0.1, -0.05) is 13.8 Å². The van der Waals surface area contributed by atoms with Crippen LogP contribution in [0, 0.1) is 19.3 Å². The number of rotatable bonds is 5. The number of aromatic nitrogens is 2. The third-order valence-electron chi connectivity index (χ3n) is 3.56. The van der Waals surface area contributed by atoms with Crippen LogP contribution in [-0.4, -0.2) is 40.2 Å². The molecule has 2 N–H and O–H groups in total. The first-order valence-corrected chi connectivity index (χ1v) is 6.73. The van der Waals surface area contributed by atoms with Gasteiger partial charge in [-0.15, -0.1) is 0 Å². The van der Waals surface area contributed by atoms with Crippen LogP contribution in [0.4, 0.5) is 0 Å². The van der Waals surface area contributed by atoms with E-state index < -0.39 is 0 Å².